The molecule has 3 heteroatoms. The van der Waals surface area contributed by atoms with E-state index in [-0.39, 0.29) is 11.7 Å². The lowest BCUT2D eigenvalue weighted by molar-refractivity contribution is -0.145. The number of nitrogens with zero attached hydrogens (tertiary/aromatic N) is 2. The van der Waals surface area contributed by atoms with Crippen LogP contribution in [0.4, 0.5) is 0 Å². The second-order valence-electron chi connectivity index (χ2n) is 4.28. The smallest absolute Gasteiger partial charge is 0.181 e. The third-order valence-electron chi connectivity index (χ3n) is 3.51. The van der Waals surface area contributed by atoms with Crippen molar-refractivity contribution in [2.75, 3.05) is 6.54 Å². The molecular weight excluding hydrogens is 188 g/mol. The molecule has 2 unspecified atom stereocenters. The van der Waals surface area contributed by atoms with Crippen molar-refractivity contribution in [3.05, 3.63) is 35.9 Å². The van der Waals surface area contributed by atoms with E-state index in [2.05, 4.69) is 17.2 Å². The number of carbonyl (C=O) groups is 1. The monoisotopic (exact) mass is 200 g/mol. The summed E-state index contributed by atoms with van der Waals surface area (Å²) < 4.78 is 0. The summed E-state index contributed by atoms with van der Waals surface area (Å²) in [5.74, 6) is 0.397. The molecule has 3 rings (SSSR count). The molecule has 1 saturated heterocycles. The SMILES string of the molecule is CC12C(=O)CN1N=CC2c1ccccc1. The Bertz CT molecular complexity index is 440. The van der Waals surface area contributed by atoms with Crippen LogP contribution in [-0.4, -0.2) is 29.1 Å². The molecule has 1 aromatic carbocycles. The van der Waals surface area contributed by atoms with Crippen LogP contribution in [0.25, 0.3) is 0 Å². The zero-order valence-corrected chi connectivity index (χ0v) is 8.55. The summed E-state index contributed by atoms with van der Waals surface area (Å²) in [6.45, 7) is 2.44. The van der Waals surface area contributed by atoms with Crippen molar-refractivity contribution in [3.8, 4) is 0 Å². The van der Waals surface area contributed by atoms with Crippen molar-refractivity contribution in [2.45, 2.75) is 18.4 Å². The molecule has 2 heterocycles. The van der Waals surface area contributed by atoms with Crippen molar-refractivity contribution in [2.24, 2.45) is 5.10 Å². The van der Waals surface area contributed by atoms with E-state index < -0.39 is 5.54 Å². The van der Waals surface area contributed by atoms with Crippen LogP contribution in [0.15, 0.2) is 35.4 Å². The summed E-state index contributed by atoms with van der Waals surface area (Å²) in [4.78, 5) is 11.7. The number of carbonyl (C=O) groups excluding carboxylic acids is 1. The van der Waals surface area contributed by atoms with Gasteiger partial charge in [-0.2, -0.15) is 5.10 Å². The molecule has 0 aromatic heterocycles. The first kappa shape index (κ1) is 8.65. The van der Waals surface area contributed by atoms with Gasteiger partial charge in [0.15, 0.2) is 5.78 Å². The standard InChI is InChI=1S/C12H12N2O/c1-12-10(9-5-3-2-4-6-9)7-13-14(12)8-11(12)15/h2-7,10H,8H2,1H3. The topological polar surface area (TPSA) is 32.7 Å². The normalized spacial score (nSPS) is 32.7. The molecule has 1 aromatic rings. The summed E-state index contributed by atoms with van der Waals surface area (Å²) >= 11 is 0. The predicted octanol–water partition coefficient (Wildman–Crippen LogP) is 1.41. The van der Waals surface area contributed by atoms with Gasteiger partial charge in [0.2, 0.25) is 0 Å². The van der Waals surface area contributed by atoms with E-state index in [1.165, 1.54) is 5.56 Å². The van der Waals surface area contributed by atoms with E-state index in [9.17, 15) is 4.79 Å². The second kappa shape index (κ2) is 2.69. The summed E-state index contributed by atoms with van der Waals surface area (Å²) in [6.07, 6.45) is 1.89. The summed E-state index contributed by atoms with van der Waals surface area (Å²) in [5, 5.41) is 6.15. The molecule has 76 valence electrons. The molecule has 2 aliphatic rings. The number of benzene rings is 1. The zero-order valence-electron chi connectivity index (χ0n) is 8.55. The van der Waals surface area contributed by atoms with Gasteiger partial charge >= 0.3 is 0 Å². The molecule has 0 saturated carbocycles. The average Bonchev–Trinajstić information content (AvgIpc) is 2.54. The van der Waals surface area contributed by atoms with Crippen LogP contribution in [0.1, 0.15) is 18.4 Å². The Labute approximate surface area is 88.4 Å². The first-order valence-electron chi connectivity index (χ1n) is 5.13. The van der Waals surface area contributed by atoms with Gasteiger partial charge in [-0.05, 0) is 12.5 Å². The molecular formula is C12H12N2O. The van der Waals surface area contributed by atoms with Crippen molar-refractivity contribution in [1.29, 1.82) is 0 Å². The Kier molecular flexibility index (Phi) is 1.55. The number of Topliss-reactive ketones (excluding diaryl/α,β-unsaturated/α-hetero) is 1. The van der Waals surface area contributed by atoms with Gasteiger partial charge in [0, 0.05) is 6.21 Å². The quantitative estimate of drug-likeness (QED) is 0.686. The molecule has 2 atom stereocenters. The maximum absolute atomic E-state index is 11.7. The van der Waals surface area contributed by atoms with E-state index in [0.29, 0.717) is 6.54 Å². The lowest BCUT2D eigenvalue weighted by Crippen LogP contribution is -2.64. The number of hydrogen-bond donors (Lipinski definition) is 0. The zero-order chi connectivity index (χ0) is 10.5. The molecule has 0 aliphatic carbocycles. The molecule has 2 aliphatic heterocycles. The molecule has 0 bridgehead atoms. The van der Waals surface area contributed by atoms with Gasteiger partial charge in [0.25, 0.3) is 0 Å². The molecule has 0 N–H and O–H groups in total. The fourth-order valence-electron chi connectivity index (χ4n) is 2.37. The lowest BCUT2D eigenvalue weighted by Gasteiger charge is -2.45. The van der Waals surface area contributed by atoms with Gasteiger partial charge in [-0.25, -0.2) is 0 Å². The first-order valence-corrected chi connectivity index (χ1v) is 5.13. The third-order valence-corrected chi connectivity index (χ3v) is 3.51. The number of hydrogen-bond acceptors (Lipinski definition) is 3. The molecule has 15 heavy (non-hydrogen) atoms. The highest BCUT2D eigenvalue weighted by atomic mass is 16.1. The largest absolute Gasteiger partial charge is 0.295 e. The van der Waals surface area contributed by atoms with Gasteiger partial charge in [0.05, 0.1) is 12.5 Å². The Hall–Kier alpha value is -1.64. The van der Waals surface area contributed by atoms with Crippen molar-refractivity contribution < 1.29 is 4.79 Å². The van der Waals surface area contributed by atoms with Crippen LogP contribution in [-0.2, 0) is 4.79 Å². The molecule has 0 amide bonds. The molecule has 0 radical (unpaired) electrons. The summed E-state index contributed by atoms with van der Waals surface area (Å²) in [6, 6.07) is 10.1. The highest BCUT2D eigenvalue weighted by molar-refractivity contribution is 6.01. The van der Waals surface area contributed by atoms with Crippen molar-refractivity contribution >= 4 is 12.0 Å². The maximum atomic E-state index is 11.7. The summed E-state index contributed by atoms with van der Waals surface area (Å²) in [7, 11) is 0. The maximum Gasteiger partial charge on any atom is 0.181 e. The number of hydrazone groups is 1. The number of fused-ring (bicyclic) bond motifs is 1. The number of ketones is 1. The van der Waals surface area contributed by atoms with Crippen LogP contribution in [0.3, 0.4) is 0 Å². The highest BCUT2D eigenvalue weighted by Gasteiger charge is 2.57. The van der Waals surface area contributed by atoms with E-state index in [0.717, 1.165) is 0 Å². The summed E-state index contributed by atoms with van der Waals surface area (Å²) in [5.41, 5.74) is 0.751. The average molecular weight is 200 g/mol. The minimum atomic E-state index is -0.415. The Morgan fingerprint density at radius 2 is 2.13 bits per heavy atom. The third kappa shape index (κ3) is 0.950. The molecule has 1 fully saturated rings. The van der Waals surface area contributed by atoms with Gasteiger partial charge in [-0.3, -0.25) is 9.80 Å². The van der Waals surface area contributed by atoms with E-state index in [1.54, 1.807) is 0 Å². The van der Waals surface area contributed by atoms with E-state index >= 15 is 0 Å². The predicted molar refractivity (Wildman–Crippen MR) is 57.8 cm³/mol. The first-order chi connectivity index (χ1) is 7.23. The number of rotatable bonds is 1. The molecule has 3 nitrogen and oxygen atoms in total. The Morgan fingerprint density at radius 1 is 1.40 bits per heavy atom. The minimum absolute atomic E-state index is 0.111. The van der Waals surface area contributed by atoms with Crippen LogP contribution in [0.5, 0.6) is 0 Å². The molecule has 0 spiro atoms. The second-order valence-corrected chi connectivity index (χ2v) is 4.28. The highest BCUT2D eigenvalue weighted by Crippen LogP contribution is 2.43. The lowest BCUT2D eigenvalue weighted by atomic mass is 9.74. The van der Waals surface area contributed by atoms with Crippen molar-refractivity contribution in [3.63, 3.8) is 0 Å². The Balaban J connectivity index is 2.02. The van der Waals surface area contributed by atoms with Crippen LogP contribution in [0, 0.1) is 0 Å². The van der Waals surface area contributed by atoms with Gasteiger partial charge in [-0.1, -0.05) is 30.3 Å². The van der Waals surface area contributed by atoms with E-state index in [1.807, 2.05) is 36.3 Å². The van der Waals surface area contributed by atoms with Gasteiger partial charge in [0.1, 0.15) is 5.54 Å². The fraction of sp³-hybridized carbons (Fsp3) is 0.333. The van der Waals surface area contributed by atoms with Crippen molar-refractivity contribution in [1.82, 2.24) is 5.01 Å². The van der Waals surface area contributed by atoms with Crippen LogP contribution in [0.2, 0.25) is 0 Å². The van der Waals surface area contributed by atoms with Gasteiger partial charge < -0.3 is 0 Å². The van der Waals surface area contributed by atoms with Gasteiger partial charge in [-0.15, -0.1) is 0 Å². The van der Waals surface area contributed by atoms with Crippen LogP contribution < -0.4 is 0 Å². The Morgan fingerprint density at radius 3 is 2.80 bits per heavy atom. The minimum Gasteiger partial charge on any atom is -0.295 e. The van der Waals surface area contributed by atoms with E-state index in [4.69, 9.17) is 0 Å². The van der Waals surface area contributed by atoms with Crippen LogP contribution >= 0.6 is 0 Å². The fourth-order valence-corrected chi connectivity index (χ4v) is 2.37.